The first-order chi connectivity index (χ1) is 15.0. The van der Waals surface area contributed by atoms with Crippen LogP contribution in [0.3, 0.4) is 0 Å². The Hall–Kier alpha value is -2.77. The van der Waals surface area contributed by atoms with Gasteiger partial charge in [0.15, 0.2) is 0 Å². The summed E-state index contributed by atoms with van der Waals surface area (Å²) in [6.45, 7) is -0.0399. The van der Waals surface area contributed by atoms with Crippen LogP contribution in [0.15, 0.2) is 82.2 Å². The number of methoxy groups -OCH3 is 1. The number of halogens is 1. The molecule has 0 unspecified atom stereocenters. The Bertz CT molecular complexity index is 1090. The standard InChI is InChI=1S/C24H21BrN2O3S/c1-30-19-12-6-16(7-13-19)22-14-24(29)27(20-4-2-3-5-21(20)31-22)15-23(28)26-18-10-8-17(25)9-11-18/h2-13,22H,14-15H2,1H3,(H,26,28)/t22-/m0/s1. The lowest BCUT2D eigenvalue weighted by atomic mass is 10.1. The van der Waals surface area contributed by atoms with Crippen molar-refractivity contribution in [1.29, 1.82) is 0 Å². The van der Waals surface area contributed by atoms with Crippen LogP contribution in [0, 0.1) is 0 Å². The summed E-state index contributed by atoms with van der Waals surface area (Å²) in [5.74, 6) is 0.461. The molecular formula is C24H21BrN2O3S. The van der Waals surface area contributed by atoms with Crippen LogP contribution in [-0.2, 0) is 9.59 Å². The predicted molar refractivity (Wildman–Crippen MR) is 128 cm³/mol. The zero-order valence-corrected chi connectivity index (χ0v) is 19.3. The number of nitrogens with zero attached hydrogens (tertiary/aromatic N) is 1. The van der Waals surface area contributed by atoms with Crippen LogP contribution in [-0.4, -0.2) is 25.5 Å². The van der Waals surface area contributed by atoms with Crippen molar-refractivity contribution >= 4 is 50.9 Å². The minimum Gasteiger partial charge on any atom is -0.497 e. The number of rotatable bonds is 5. The summed E-state index contributed by atoms with van der Waals surface area (Å²) in [6, 6.07) is 22.9. The number of benzene rings is 3. The van der Waals surface area contributed by atoms with Crippen LogP contribution >= 0.6 is 27.7 Å². The first kappa shape index (κ1) is 21.5. The quantitative estimate of drug-likeness (QED) is 0.494. The summed E-state index contributed by atoms with van der Waals surface area (Å²) in [6.07, 6.45) is 0.303. The monoisotopic (exact) mass is 496 g/mol. The fraction of sp³-hybridized carbons (Fsp3) is 0.167. The molecule has 0 bridgehead atoms. The molecule has 3 aromatic rings. The summed E-state index contributed by atoms with van der Waals surface area (Å²) < 4.78 is 6.18. The van der Waals surface area contributed by atoms with Crippen molar-refractivity contribution in [3.63, 3.8) is 0 Å². The van der Waals surface area contributed by atoms with Crippen LogP contribution in [0.4, 0.5) is 11.4 Å². The van der Waals surface area contributed by atoms with Gasteiger partial charge in [-0.3, -0.25) is 9.59 Å². The molecule has 1 N–H and O–H groups in total. The Kier molecular flexibility index (Phi) is 6.63. The fourth-order valence-corrected chi connectivity index (χ4v) is 4.98. The Balaban J connectivity index is 1.56. The van der Waals surface area contributed by atoms with Gasteiger partial charge in [0.05, 0.1) is 12.8 Å². The maximum atomic E-state index is 13.2. The number of thioether (sulfide) groups is 1. The maximum absolute atomic E-state index is 13.2. The van der Waals surface area contributed by atoms with E-state index in [4.69, 9.17) is 4.74 Å². The summed E-state index contributed by atoms with van der Waals surface area (Å²) in [4.78, 5) is 28.5. The fourth-order valence-electron chi connectivity index (χ4n) is 3.43. The molecule has 1 aliphatic heterocycles. The molecular weight excluding hydrogens is 476 g/mol. The van der Waals surface area contributed by atoms with E-state index in [1.165, 1.54) is 0 Å². The van der Waals surface area contributed by atoms with E-state index in [1.54, 1.807) is 23.8 Å². The third-order valence-electron chi connectivity index (χ3n) is 5.00. The number of nitrogens with one attached hydrogen (secondary N) is 1. The molecule has 2 amide bonds. The van der Waals surface area contributed by atoms with Gasteiger partial charge in [-0.05, 0) is 54.1 Å². The van der Waals surface area contributed by atoms with Gasteiger partial charge in [-0.1, -0.05) is 40.2 Å². The van der Waals surface area contributed by atoms with E-state index in [0.717, 1.165) is 26.4 Å². The number of hydrogen-bond acceptors (Lipinski definition) is 4. The molecule has 1 atom stereocenters. The van der Waals surface area contributed by atoms with Gasteiger partial charge >= 0.3 is 0 Å². The Morgan fingerprint density at radius 1 is 1.10 bits per heavy atom. The smallest absolute Gasteiger partial charge is 0.244 e. The molecule has 0 radical (unpaired) electrons. The van der Waals surface area contributed by atoms with E-state index in [9.17, 15) is 9.59 Å². The molecule has 1 heterocycles. The minimum atomic E-state index is -0.238. The molecule has 0 aliphatic carbocycles. The molecule has 3 aromatic carbocycles. The van der Waals surface area contributed by atoms with Gasteiger partial charge in [-0.15, -0.1) is 11.8 Å². The van der Waals surface area contributed by atoms with E-state index in [-0.39, 0.29) is 23.6 Å². The molecule has 1 aliphatic rings. The van der Waals surface area contributed by atoms with Crippen LogP contribution in [0.2, 0.25) is 0 Å². The molecule has 0 saturated heterocycles. The first-order valence-electron chi connectivity index (χ1n) is 9.79. The number of hydrogen-bond donors (Lipinski definition) is 1. The van der Waals surface area contributed by atoms with Gasteiger partial charge in [0, 0.05) is 26.7 Å². The lowest BCUT2D eigenvalue weighted by Gasteiger charge is -2.22. The Morgan fingerprint density at radius 3 is 2.52 bits per heavy atom. The van der Waals surface area contributed by atoms with Crippen LogP contribution in [0.25, 0.3) is 0 Å². The largest absolute Gasteiger partial charge is 0.497 e. The second kappa shape index (κ2) is 9.58. The third kappa shape index (κ3) is 5.11. The molecule has 4 rings (SSSR count). The highest BCUT2D eigenvalue weighted by Crippen LogP contribution is 2.45. The van der Waals surface area contributed by atoms with E-state index >= 15 is 0 Å². The van der Waals surface area contributed by atoms with Crippen LogP contribution < -0.4 is 15.0 Å². The maximum Gasteiger partial charge on any atom is 0.244 e. The SMILES string of the molecule is COc1ccc([C@@H]2CC(=O)N(CC(=O)Nc3ccc(Br)cc3)c3ccccc3S2)cc1. The highest BCUT2D eigenvalue weighted by atomic mass is 79.9. The number of ether oxygens (including phenoxy) is 1. The van der Waals surface area contributed by atoms with Crippen molar-refractivity contribution in [2.75, 3.05) is 23.9 Å². The molecule has 0 spiro atoms. The van der Waals surface area contributed by atoms with Crippen LogP contribution in [0.5, 0.6) is 5.75 Å². The summed E-state index contributed by atoms with van der Waals surface area (Å²) in [5.41, 5.74) is 2.50. The van der Waals surface area contributed by atoms with E-state index in [0.29, 0.717) is 12.1 Å². The zero-order chi connectivity index (χ0) is 21.8. The molecule has 0 saturated carbocycles. The van der Waals surface area contributed by atoms with Crippen molar-refractivity contribution in [2.24, 2.45) is 0 Å². The van der Waals surface area contributed by atoms with E-state index < -0.39 is 0 Å². The molecule has 0 aromatic heterocycles. The molecule has 0 fully saturated rings. The zero-order valence-electron chi connectivity index (χ0n) is 16.9. The lowest BCUT2D eigenvalue weighted by molar-refractivity contribution is -0.121. The van der Waals surface area contributed by atoms with Crippen LogP contribution in [0.1, 0.15) is 17.2 Å². The molecule has 7 heteroatoms. The van der Waals surface area contributed by atoms with E-state index in [2.05, 4.69) is 21.2 Å². The van der Waals surface area contributed by atoms with Gasteiger partial charge in [0.25, 0.3) is 0 Å². The van der Waals surface area contributed by atoms with Gasteiger partial charge < -0.3 is 15.0 Å². The van der Waals surface area contributed by atoms with Crippen molar-refractivity contribution in [1.82, 2.24) is 0 Å². The van der Waals surface area contributed by atoms with Crippen molar-refractivity contribution in [3.8, 4) is 5.75 Å². The average molecular weight is 497 g/mol. The van der Waals surface area contributed by atoms with Gasteiger partial charge in [-0.25, -0.2) is 0 Å². The minimum absolute atomic E-state index is 0.0399. The van der Waals surface area contributed by atoms with Crippen molar-refractivity contribution in [2.45, 2.75) is 16.6 Å². The lowest BCUT2D eigenvalue weighted by Crippen LogP contribution is -2.38. The normalized spacial score (nSPS) is 15.7. The number of carbonyl (C=O) groups excluding carboxylic acids is 2. The topological polar surface area (TPSA) is 58.6 Å². The first-order valence-corrected chi connectivity index (χ1v) is 11.5. The van der Waals surface area contributed by atoms with Gasteiger partial charge in [0.2, 0.25) is 11.8 Å². The molecule has 31 heavy (non-hydrogen) atoms. The molecule has 158 valence electrons. The van der Waals surface area contributed by atoms with Crippen molar-refractivity contribution in [3.05, 3.63) is 82.8 Å². The number of fused-ring (bicyclic) bond motifs is 1. The second-order valence-corrected chi connectivity index (χ2v) is 9.25. The number of anilines is 2. The molecule has 5 nitrogen and oxygen atoms in total. The highest BCUT2D eigenvalue weighted by molar-refractivity contribution is 9.10. The van der Waals surface area contributed by atoms with Gasteiger partial charge in [-0.2, -0.15) is 0 Å². The summed E-state index contributed by atoms with van der Waals surface area (Å²) in [5, 5.41) is 2.83. The number of carbonyl (C=O) groups is 2. The average Bonchev–Trinajstić information content (AvgIpc) is 2.92. The van der Waals surface area contributed by atoms with Crippen molar-refractivity contribution < 1.29 is 14.3 Å². The highest BCUT2D eigenvalue weighted by Gasteiger charge is 2.30. The third-order valence-corrected chi connectivity index (χ3v) is 6.85. The van der Waals surface area contributed by atoms with Gasteiger partial charge in [0.1, 0.15) is 12.3 Å². The Morgan fingerprint density at radius 2 is 1.81 bits per heavy atom. The Labute approximate surface area is 193 Å². The van der Waals surface area contributed by atoms with E-state index in [1.807, 2.05) is 72.8 Å². The number of amides is 2. The summed E-state index contributed by atoms with van der Waals surface area (Å²) in [7, 11) is 1.63. The predicted octanol–water partition coefficient (Wildman–Crippen LogP) is 5.67. The summed E-state index contributed by atoms with van der Waals surface area (Å²) >= 11 is 5.03. The number of para-hydroxylation sites is 1. The second-order valence-electron chi connectivity index (χ2n) is 7.09.